The van der Waals surface area contributed by atoms with Crippen LogP contribution in [0, 0.1) is 0 Å². The quantitative estimate of drug-likeness (QED) is 0.754. The Labute approximate surface area is 126 Å². The first-order valence-electron chi connectivity index (χ1n) is 5.94. The molecule has 0 unspecified atom stereocenters. The smallest absolute Gasteiger partial charge is 0.135 e. The highest BCUT2D eigenvalue weighted by molar-refractivity contribution is 6.36. The Hall–Kier alpha value is -1.97. The predicted molar refractivity (Wildman–Crippen MR) is 80.7 cm³/mol. The maximum atomic E-state index is 9.57. The van der Waals surface area contributed by atoms with Gasteiger partial charge >= 0.3 is 0 Å². The monoisotopic (exact) mass is 304 g/mol. The molecule has 0 spiro atoms. The maximum Gasteiger partial charge on any atom is 0.135 e. The van der Waals surface area contributed by atoms with Gasteiger partial charge in [0.25, 0.3) is 0 Å². The summed E-state index contributed by atoms with van der Waals surface area (Å²) in [4.78, 5) is 0. The van der Waals surface area contributed by atoms with E-state index >= 15 is 0 Å². The van der Waals surface area contributed by atoms with E-state index in [-0.39, 0.29) is 10.8 Å². The van der Waals surface area contributed by atoms with Crippen molar-refractivity contribution in [2.24, 2.45) is 0 Å². The van der Waals surface area contributed by atoms with Crippen molar-refractivity contribution in [1.29, 1.82) is 0 Å². The van der Waals surface area contributed by atoms with Gasteiger partial charge in [0.05, 0.1) is 27.6 Å². The van der Waals surface area contributed by atoms with Gasteiger partial charge in [-0.05, 0) is 24.3 Å². The van der Waals surface area contributed by atoms with E-state index in [1.807, 2.05) is 36.4 Å². The zero-order valence-corrected chi connectivity index (χ0v) is 11.8. The van der Waals surface area contributed by atoms with E-state index in [1.165, 1.54) is 6.07 Å². The number of hydrogen-bond donors (Lipinski definition) is 1. The van der Waals surface area contributed by atoms with Crippen LogP contribution in [0.25, 0.3) is 16.9 Å². The van der Waals surface area contributed by atoms with Gasteiger partial charge in [0.2, 0.25) is 0 Å². The average Bonchev–Trinajstić information content (AvgIpc) is 2.93. The van der Waals surface area contributed by atoms with E-state index in [2.05, 4.69) is 5.10 Å². The molecule has 3 aromatic rings. The highest BCUT2D eigenvalue weighted by Crippen LogP contribution is 2.36. The minimum absolute atomic E-state index is 0.0359. The van der Waals surface area contributed by atoms with E-state index < -0.39 is 0 Å². The summed E-state index contributed by atoms with van der Waals surface area (Å²) in [6.45, 7) is 0. The summed E-state index contributed by atoms with van der Waals surface area (Å²) in [5.41, 5.74) is 2.45. The van der Waals surface area contributed by atoms with Crippen molar-refractivity contribution in [3.8, 4) is 22.7 Å². The second-order valence-corrected chi connectivity index (χ2v) is 5.06. The summed E-state index contributed by atoms with van der Waals surface area (Å²) in [5.74, 6) is -0.0359. The van der Waals surface area contributed by atoms with Crippen LogP contribution in [-0.2, 0) is 0 Å². The molecule has 2 aromatic carbocycles. The molecule has 0 amide bonds. The lowest BCUT2D eigenvalue weighted by molar-refractivity contribution is 0.475. The Balaban J connectivity index is 2.18. The van der Waals surface area contributed by atoms with Gasteiger partial charge in [-0.15, -0.1) is 0 Å². The van der Waals surface area contributed by atoms with Gasteiger partial charge in [0, 0.05) is 11.6 Å². The SMILES string of the molecule is Oc1cc(Cl)c(-c2ccnn2-c2ccccc2)cc1Cl. The number of aromatic hydroxyl groups is 1. The number of hydrogen-bond acceptors (Lipinski definition) is 2. The minimum atomic E-state index is -0.0359. The molecule has 0 fully saturated rings. The third-order valence-electron chi connectivity index (χ3n) is 2.96. The van der Waals surface area contributed by atoms with Crippen molar-refractivity contribution in [2.45, 2.75) is 0 Å². The summed E-state index contributed by atoms with van der Waals surface area (Å²) in [6, 6.07) is 14.6. The molecule has 5 heteroatoms. The lowest BCUT2D eigenvalue weighted by Crippen LogP contribution is -1.98. The summed E-state index contributed by atoms with van der Waals surface area (Å²) < 4.78 is 1.77. The lowest BCUT2D eigenvalue weighted by atomic mass is 10.1. The molecule has 3 rings (SSSR count). The molecule has 0 bridgehead atoms. The lowest BCUT2D eigenvalue weighted by Gasteiger charge is -2.10. The number of halogens is 2. The van der Waals surface area contributed by atoms with E-state index in [0.717, 1.165) is 16.9 Å². The first-order chi connectivity index (χ1) is 9.66. The summed E-state index contributed by atoms with van der Waals surface area (Å²) in [7, 11) is 0. The molecule has 1 N–H and O–H groups in total. The van der Waals surface area contributed by atoms with Crippen LogP contribution >= 0.6 is 23.2 Å². The fraction of sp³-hybridized carbons (Fsp3) is 0. The molecule has 0 saturated heterocycles. The first kappa shape index (κ1) is 13.0. The highest BCUT2D eigenvalue weighted by Gasteiger charge is 2.13. The second-order valence-electron chi connectivity index (χ2n) is 4.25. The number of para-hydroxylation sites is 1. The molecule has 3 nitrogen and oxygen atoms in total. The van der Waals surface area contributed by atoms with Gasteiger partial charge in [-0.1, -0.05) is 41.4 Å². The Morgan fingerprint density at radius 3 is 2.45 bits per heavy atom. The topological polar surface area (TPSA) is 38.1 Å². The van der Waals surface area contributed by atoms with Crippen LogP contribution in [-0.4, -0.2) is 14.9 Å². The summed E-state index contributed by atoms with van der Waals surface area (Å²) in [6.07, 6.45) is 1.69. The number of phenols is 1. The Morgan fingerprint density at radius 2 is 1.70 bits per heavy atom. The Kier molecular flexibility index (Phi) is 3.38. The van der Waals surface area contributed by atoms with Crippen LogP contribution in [0.1, 0.15) is 0 Å². The zero-order valence-electron chi connectivity index (χ0n) is 10.3. The molecular formula is C15H10Cl2N2O. The van der Waals surface area contributed by atoms with Crippen molar-refractivity contribution in [1.82, 2.24) is 9.78 Å². The van der Waals surface area contributed by atoms with Crippen molar-refractivity contribution in [3.05, 3.63) is 64.8 Å². The van der Waals surface area contributed by atoms with Crippen molar-refractivity contribution < 1.29 is 5.11 Å². The summed E-state index contributed by atoms with van der Waals surface area (Å²) >= 11 is 12.2. The number of nitrogens with zero attached hydrogens (tertiary/aromatic N) is 2. The number of aromatic nitrogens is 2. The van der Waals surface area contributed by atoms with Gasteiger partial charge in [-0.25, -0.2) is 4.68 Å². The van der Waals surface area contributed by atoms with Gasteiger partial charge in [-0.2, -0.15) is 5.10 Å². The molecular weight excluding hydrogens is 295 g/mol. The fourth-order valence-corrected chi connectivity index (χ4v) is 2.43. The fourth-order valence-electron chi connectivity index (χ4n) is 2.01. The maximum absolute atomic E-state index is 9.57. The van der Waals surface area contributed by atoms with E-state index in [9.17, 15) is 5.11 Å². The van der Waals surface area contributed by atoms with E-state index in [0.29, 0.717) is 5.02 Å². The Morgan fingerprint density at radius 1 is 0.950 bits per heavy atom. The molecule has 1 aromatic heterocycles. The molecule has 0 radical (unpaired) electrons. The number of benzene rings is 2. The van der Waals surface area contributed by atoms with Crippen molar-refractivity contribution >= 4 is 23.2 Å². The molecule has 0 aliphatic carbocycles. The van der Waals surface area contributed by atoms with Crippen LogP contribution in [0.4, 0.5) is 0 Å². The van der Waals surface area contributed by atoms with Gasteiger partial charge in [0.15, 0.2) is 0 Å². The number of phenolic OH excluding ortho intramolecular Hbond substituents is 1. The molecule has 0 atom stereocenters. The number of rotatable bonds is 2. The largest absolute Gasteiger partial charge is 0.506 e. The highest BCUT2D eigenvalue weighted by atomic mass is 35.5. The van der Waals surface area contributed by atoms with Crippen molar-refractivity contribution in [2.75, 3.05) is 0 Å². The van der Waals surface area contributed by atoms with E-state index in [1.54, 1.807) is 16.9 Å². The van der Waals surface area contributed by atoms with Crippen LogP contribution < -0.4 is 0 Å². The predicted octanol–water partition coefficient (Wildman–Crippen LogP) is 4.55. The van der Waals surface area contributed by atoms with Crippen LogP contribution in [0.15, 0.2) is 54.7 Å². The summed E-state index contributed by atoms with van der Waals surface area (Å²) in [5, 5.41) is 14.6. The van der Waals surface area contributed by atoms with Gasteiger partial charge in [-0.3, -0.25) is 0 Å². The minimum Gasteiger partial charge on any atom is -0.506 e. The molecule has 0 saturated carbocycles. The molecule has 20 heavy (non-hydrogen) atoms. The second kappa shape index (κ2) is 5.19. The van der Waals surface area contributed by atoms with Crippen LogP contribution in [0.2, 0.25) is 10.0 Å². The molecule has 1 heterocycles. The first-order valence-corrected chi connectivity index (χ1v) is 6.70. The molecule has 0 aliphatic rings. The van der Waals surface area contributed by atoms with Gasteiger partial charge < -0.3 is 5.11 Å². The third kappa shape index (κ3) is 2.26. The standard InChI is InChI=1S/C15H10Cl2N2O/c16-12-9-15(20)13(17)8-11(12)14-6-7-18-19(14)10-4-2-1-3-5-10/h1-9,20H. The zero-order chi connectivity index (χ0) is 14.1. The molecule has 0 aliphatic heterocycles. The average molecular weight is 305 g/mol. The normalized spacial score (nSPS) is 10.7. The molecule has 100 valence electrons. The van der Waals surface area contributed by atoms with E-state index in [4.69, 9.17) is 23.2 Å². The van der Waals surface area contributed by atoms with Crippen LogP contribution in [0.3, 0.4) is 0 Å². The van der Waals surface area contributed by atoms with Crippen molar-refractivity contribution in [3.63, 3.8) is 0 Å². The Bertz CT molecular complexity index is 754. The van der Waals surface area contributed by atoms with Gasteiger partial charge in [0.1, 0.15) is 5.75 Å². The third-order valence-corrected chi connectivity index (χ3v) is 3.57. The van der Waals surface area contributed by atoms with Crippen LogP contribution in [0.5, 0.6) is 5.75 Å².